The molecule has 1 heterocycles. The largest absolute Gasteiger partial charge is 0.460 e. The van der Waals surface area contributed by atoms with Gasteiger partial charge in [-0.15, -0.1) is 0 Å². The van der Waals surface area contributed by atoms with Crippen molar-refractivity contribution in [3.63, 3.8) is 0 Å². The number of esters is 4. The molecule has 0 fully saturated rings. The Morgan fingerprint density at radius 1 is 0.588 bits per heavy atom. The summed E-state index contributed by atoms with van der Waals surface area (Å²) >= 11 is 0. The first kappa shape index (κ1) is 36.3. The number of rotatable bonds is 15. The lowest BCUT2D eigenvalue weighted by Gasteiger charge is -2.16. The summed E-state index contributed by atoms with van der Waals surface area (Å²) in [5.74, 6) is -5.91. The third-order valence-electron chi connectivity index (χ3n) is 8.03. The van der Waals surface area contributed by atoms with E-state index in [0.717, 1.165) is 11.1 Å². The molecule has 0 bridgehead atoms. The second-order valence-corrected chi connectivity index (χ2v) is 11.8. The Morgan fingerprint density at radius 3 is 1.61 bits per heavy atom. The van der Waals surface area contributed by atoms with Gasteiger partial charge < -0.3 is 23.4 Å². The number of benzene rings is 4. The van der Waals surface area contributed by atoms with E-state index in [2.05, 4.69) is 0 Å². The molecule has 0 saturated heterocycles. The third-order valence-corrected chi connectivity index (χ3v) is 8.03. The molecule has 4 aromatic carbocycles. The molecule has 0 spiro atoms. The van der Waals surface area contributed by atoms with Crippen molar-refractivity contribution in [2.45, 2.75) is 52.7 Å². The summed E-state index contributed by atoms with van der Waals surface area (Å²) in [5, 5.41) is 0.175. The second kappa shape index (κ2) is 17.6. The summed E-state index contributed by atoms with van der Waals surface area (Å²) in [7, 11) is 0. The fourth-order valence-corrected chi connectivity index (χ4v) is 5.34. The first-order chi connectivity index (χ1) is 24.8. The summed E-state index contributed by atoms with van der Waals surface area (Å²) in [6.45, 7) is 3.66. The number of carbonyl (C=O) groups excluding carboxylic acids is 4. The molecule has 0 aliphatic heterocycles. The molecule has 262 valence electrons. The van der Waals surface area contributed by atoms with E-state index in [-0.39, 0.29) is 48.5 Å². The van der Waals surface area contributed by atoms with Gasteiger partial charge in [-0.2, -0.15) is 0 Å². The molecule has 0 saturated carbocycles. The van der Waals surface area contributed by atoms with Crippen LogP contribution in [-0.2, 0) is 41.9 Å². The fraction of sp³-hybridized carbons (Fsp3) is 0.244. The average molecular weight is 691 g/mol. The van der Waals surface area contributed by atoms with Crippen molar-refractivity contribution >= 4 is 34.8 Å². The Morgan fingerprint density at radius 2 is 1.08 bits per heavy atom. The molecule has 2 atom stereocenters. The molecule has 0 aliphatic carbocycles. The Kier molecular flexibility index (Phi) is 12.5. The lowest BCUT2D eigenvalue weighted by molar-refractivity contribution is -0.160. The van der Waals surface area contributed by atoms with Crippen molar-refractivity contribution in [2.24, 2.45) is 11.8 Å². The maximum absolute atomic E-state index is 13.7. The van der Waals surface area contributed by atoms with Crippen molar-refractivity contribution in [2.75, 3.05) is 0 Å². The lowest BCUT2D eigenvalue weighted by atomic mass is 10.0. The highest BCUT2D eigenvalue weighted by Gasteiger charge is 2.32. The highest BCUT2D eigenvalue weighted by Crippen LogP contribution is 2.33. The minimum Gasteiger partial charge on any atom is -0.460 e. The molecule has 5 rings (SSSR count). The zero-order valence-corrected chi connectivity index (χ0v) is 28.4. The van der Waals surface area contributed by atoms with Gasteiger partial charge in [0.15, 0.2) is 17.6 Å². The molecule has 1 aromatic heterocycles. The zero-order valence-electron chi connectivity index (χ0n) is 28.4. The molecule has 10 nitrogen and oxygen atoms in total. The number of fused-ring (bicyclic) bond motifs is 1. The van der Waals surface area contributed by atoms with E-state index in [0.29, 0.717) is 18.4 Å². The van der Waals surface area contributed by atoms with Crippen LogP contribution in [0.15, 0.2) is 118 Å². The highest BCUT2D eigenvalue weighted by molar-refractivity contribution is 5.97. The van der Waals surface area contributed by atoms with Gasteiger partial charge in [0.2, 0.25) is 11.2 Å². The molecule has 10 heteroatoms. The van der Waals surface area contributed by atoms with Gasteiger partial charge >= 0.3 is 23.9 Å². The normalized spacial score (nSPS) is 12.0. The van der Waals surface area contributed by atoms with Gasteiger partial charge in [-0.3, -0.25) is 24.0 Å². The van der Waals surface area contributed by atoms with Gasteiger partial charge in [-0.25, -0.2) is 0 Å². The molecule has 0 N–H and O–H groups in total. The lowest BCUT2D eigenvalue weighted by Crippen LogP contribution is -2.31. The van der Waals surface area contributed by atoms with E-state index in [4.69, 9.17) is 23.4 Å². The van der Waals surface area contributed by atoms with Crippen LogP contribution in [0.25, 0.3) is 22.3 Å². The molecule has 0 aliphatic rings. The predicted molar refractivity (Wildman–Crippen MR) is 188 cm³/mol. The van der Waals surface area contributed by atoms with E-state index < -0.39 is 46.9 Å². The quantitative estimate of drug-likeness (QED) is 0.0614. The predicted octanol–water partition coefficient (Wildman–Crippen LogP) is 7.59. The summed E-state index contributed by atoms with van der Waals surface area (Å²) in [6.07, 6.45) is 1.40. The average Bonchev–Trinajstić information content (AvgIpc) is 3.16. The molecule has 51 heavy (non-hydrogen) atoms. The van der Waals surface area contributed by atoms with E-state index in [1.54, 1.807) is 36.4 Å². The van der Waals surface area contributed by atoms with Crippen LogP contribution in [0, 0.1) is 11.8 Å². The van der Waals surface area contributed by atoms with Gasteiger partial charge in [0.1, 0.15) is 24.5 Å². The Labute approximate surface area is 294 Å². The van der Waals surface area contributed by atoms with Crippen LogP contribution in [0.3, 0.4) is 0 Å². The Hall–Kier alpha value is -6.03. The topological polar surface area (TPSA) is 135 Å². The first-order valence-electron chi connectivity index (χ1n) is 16.8. The van der Waals surface area contributed by atoms with Crippen molar-refractivity contribution in [1.82, 2.24) is 0 Å². The minimum atomic E-state index is -1.28. The van der Waals surface area contributed by atoms with Gasteiger partial charge in [0, 0.05) is 5.56 Å². The van der Waals surface area contributed by atoms with Crippen molar-refractivity contribution < 1.29 is 42.5 Å². The van der Waals surface area contributed by atoms with Gasteiger partial charge in [0.05, 0.1) is 5.39 Å². The van der Waals surface area contributed by atoms with Gasteiger partial charge in [-0.1, -0.05) is 99.5 Å². The standard InChI is InChI=1S/C41H38O10/c1-3-13-32(38(43)47-25-27-15-7-5-8-16-27)40(45)49-30-23-21-29(22-24-30)36-37(35(42)31-19-11-12-20-34(31)50-36)51-41(46)33(14-4-2)39(44)48-26-28-17-9-6-10-18-28/h5-12,15-24,32-33H,3-4,13-14,25-26H2,1-2H3. The molecule has 5 aromatic rings. The Bertz CT molecular complexity index is 2020. The fourth-order valence-electron chi connectivity index (χ4n) is 5.34. The number of para-hydroxylation sites is 1. The summed E-state index contributed by atoms with van der Waals surface area (Å²) in [5.41, 5.74) is 1.51. The van der Waals surface area contributed by atoms with E-state index in [1.165, 1.54) is 24.3 Å². The highest BCUT2D eigenvalue weighted by atomic mass is 16.6. The van der Waals surface area contributed by atoms with Gasteiger partial charge in [0.25, 0.3) is 0 Å². The molecule has 0 amide bonds. The minimum absolute atomic E-state index is 0.0263. The van der Waals surface area contributed by atoms with Crippen LogP contribution < -0.4 is 14.9 Å². The van der Waals surface area contributed by atoms with Crippen LogP contribution in [0.5, 0.6) is 11.5 Å². The van der Waals surface area contributed by atoms with E-state index in [9.17, 15) is 24.0 Å². The summed E-state index contributed by atoms with van der Waals surface area (Å²) in [4.78, 5) is 66.2. The molecular formula is C41H38O10. The van der Waals surface area contributed by atoms with E-state index >= 15 is 0 Å². The maximum Gasteiger partial charge on any atom is 0.325 e. The van der Waals surface area contributed by atoms with Crippen LogP contribution >= 0.6 is 0 Å². The third kappa shape index (κ3) is 9.36. The smallest absolute Gasteiger partial charge is 0.325 e. The summed E-state index contributed by atoms with van der Waals surface area (Å²) in [6, 6.07) is 30.7. The van der Waals surface area contributed by atoms with Gasteiger partial charge in [-0.05, 0) is 60.4 Å². The number of hydrogen-bond acceptors (Lipinski definition) is 10. The van der Waals surface area contributed by atoms with Crippen LogP contribution in [0.2, 0.25) is 0 Å². The van der Waals surface area contributed by atoms with Crippen LogP contribution in [0.4, 0.5) is 0 Å². The summed E-state index contributed by atoms with van der Waals surface area (Å²) < 4.78 is 28.1. The van der Waals surface area contributed by atoms with Crippen molar-refractivity contribution in [3.05, 3.63) is 131 Å². The van der Waals surface area contributed by atoms with Crippen LogP contribution in [0.1, 0.15) is 50.7 Å². The van der Waals surface area contributed by atoms with Crippen molar-refractivity contribution in [1.29, 1.82) is 0 Å². The number of hydrogen-bond donors (Lipinski definition) is 0. The van der Waals surface area contributed by atoms with Crippen molar-refractivity contribution in [3.8, 4) is 22.8 Å². The SMILES string of the molecule is CCCC(C(=O)OCc1ccccc1)C(=O)Oc1ccc(-c2oc3ccccc3c(=O)c2OC(=O)C(CCC)C(=O)OCc2ccccc2)cc1. The molecule has 0 radical (unpaired) electrons. The number of carbonyl (C=O) groups is 4. The molecular weight excluding hydrogens is 652 g/mol. The molecule has 2 unspecified atom stereocenters. The number of ether oxygens (including phenoxy) is 4. The Balaban J connectivity index is 1.35. The second-order valence-electron chi connectivity index (χ2n) is 11.8. The zero-order chi connectivity index (χ0) is 36.2. The monoisotopic (exact) mass is 690 g/mol. The maximum atomic E-state index is 13.7. The van der Waals surface area contributed by atoms with Crippen LogP contribution in [-0.4, -0.2) is 23.9 Å². The first-order valence-corrected chi connectivity index (χ1v) is 16.8. The van der Waals surface area contributed by atoms with E-state index in [1.807, 2.05) is 62.4 Å².